The maximum atomic E-state index is 13.0. The number of nitrogens with zero attached hydrogens (tertiary/aromatic N) is 3. The Labute approximate surface area is 206 Å². The Morgan fingerprint density at radius 3 is 2.31 bits per heavy atom. The molecule has 1 unspecified atom stereocenters. The summed E-state index contributed by atoms with van der Waals surface area (Å²) in [4.78, 5) is 43.2. The van der Waals surface area contributed by atoms with Gasteiger partial charge in [0.1, 0.15) is 6.17 Å². The van der Waals surface area contributed by atoms with Crippen LogP contribution < -0.4 is 5.32 Å². The number of fused-ring (bicyclic) bond motifs is 1. The summed E-state index contributed by atoms with van der Waals surface area (Å²) in [5.41, 5.74) is 3.15. The molecule has 186 valence electrons. The number of amides is 3. The standard InChI is InChI=1S/C27H34N4O4/c1-4-35-27(34)30-17-15-29(16-18-30)25(32)20-9-11-21(12-10-20)28-24-22-7-5-6-8-23(22)26(33)31(24)14-13-19(2)3/h5-12,19,24,28H,4,13-18H2,1-3H3. The molecule has 0 spiro atoms. The molecule has 1 fully saturated rings. The van der Waals surface area contributed by atoms with Crippen molar-refractivity contribution in [2.45, 2.75) is 33.4 Å². The van der Waals surface area contributed by atoms with Crippen molar-refractivity contribution in [1.29, 1.82) is 0 Å². The fraction of sp³-hybridized carbons (Fsp3) is 0.444. The summed E-state index contributed by atoms with van der Waals surface area (Å²) < 4.78 is 5.04. The Bertz CT molecular complexity index is 1060. The maximum absolute atomic E-state index is 13.0. The minimum atomic E-state index is -0.329. The van der Waals surface area contributed by atoms with Crippen molar-refractivity contribution in [3.8, 4) is 0 Å². The number of hydrogen-bond acceptors (Lipinski definition) is 5. The lowest BCUT2D eigenvalue weighted by atomic mass is 10.1. The molecule has 1 N–H and O–H groups in total. The first-order valence-electron chi connectivity index (χ1n) is 12.4. The van der Waals surface area contributed by atoms with Gasteiger partial charge in [-0.3, -0.25) is 9.59 Å². The number of hydrogen-bond donors (Lipinski definition) is 1. The summed E-state index contributed by atoms with van der Waals surface area (Å²) in [7, 11) is 0. The molecule has 2 aromatic carbocycles. The molecule has 0 aliphatic carbocycles. The second-order valence-corrected chi connectivity index (χ2v) is 9.37. The van der Waals surface area contributed by atoms with Crippen molar-refractivity contribution < 1.29 is 19.1 Å². The van der Waals surface area contributed by atoms with Crippen LogP contribution in [-0.4, -0.2) is 71.9 Å². The Hall–Kier alpha value is -3.55. The predicted molar refractivity (Wildman–Crippen MR) is 134 cm³/mol. The van der Waals surface area contributed by atoms with E-state index < -0.39 is 0 Å². The van der Waals surface area contributed by atoms with Crippen LogP contribution in [0.15, 0.2) is 48.5 Å². The van der Waals surface area contributed by atoms with Gasteiger partial charge in [-0.1, -0.05) is 32.0 Å². The maximum Gasteiger partial charge on any atom is 0.409 e. The van der Waals surface area contributed by atoms with E-state index in [1.165, 1.54) is 0 Å². The van der Waals surface area contributed by atoms with Gasteiger partial charge in [0.15, 0.2) is 0 Å². The van der Waals surface area contributed by atoms with Gasteiger partial charge in [0.05, 0.1) is 6.61 Å². The molecule has 1 atom stereocenters. The molecule has 0 radical (unpaired) electrons. The molecule has 2 heterocycles. The van der Waals surface area contributed by atoms with Gasteiger partial charge < -0.3 is 24.8 Å². The first-order valence-corrected chi connectivity index (χ1v) is 12.4. The van der Waals surface area contributed by atoms with Crippen molar-refractivity contribution >= 4 is 23.6 Å². The third kappa shape index (κ3) is 5.42. The Morgan fingerprint density at radius 2 is 1.66 bits per heavy atom. The van der Waals surface area contributed by atoms with Crippen molar-refractivity contribution in [3.05, 3.63) is 65.2 Å². The first kappa shape index (κ1) is 24.6. The molecule has 0 saturated carbocycles. The Balaban J connectivity index is 1.41. The van der Waals surface area contributed by atoms with E-state index >= 15 is 0 Å². The largest absolute Gasteiger partial charge is 0.450 e. The van der Waals surface area contributed by atoms with Crippen molar-refractivity contribution in [1.82, 2.24) is 14.7 Å². The van der Waals surface area contributed by atoms with Crippen LogP contribution >= 0.6 is 0 Å². The summed E-state index contributed by atoms with van der Waals surface area (Å²) in [6, 6.07) is 15.1. The second-order valence-electron chi connectivity index (χ2n) is 9.37. The van der Waals surface area contributed by atoms with Gasteiger partial charge in [-0.25, -0.2) is 4.79 Å². The van der Waals surface area contributed by atoms with Crippen LogP contribution in [0.1, 0.15) is 59.6 Å². The topological polar surface area (TPSA) is 82.2 Å². The summed E-state index contributed by atoms with van der Waals surface area (Å²) in [5.74, 6) is 0.490. The molecular weight excluding hydrogens is 444 g/mol. The molecule has 0 aromatic heterocycles. The number of rotatable bonds is 7. The molecule has 1 saturated heterocycles. The van der Waals surface area contributed by atoms with E-state index in [4.69, 9.17) is 4.74 Å². The molecule has 2 aliphatic heterocycles. The highest BCUT2D eigenvalue weighted by Crippen LogP contribution is 2.34. The number of piperazine rings is 1. The zero-order valence-electron chi connectivity index (χ0n) is 20.7. The van der Waals surface area contributed by atoms with Gasteiger partial charge in [-0.05, 0) is 49.6 Å². The quantitative estimate of drug-likeness (QED) is 0.645. The summed E-state index contributed by atoms with van der Waals surface area (Å²) in [5, 5.41) is 3.50. The molecule has 8 heteroatoms. The highest BCUT2D eigenvalue weighted by Gasteiger charge is 2.36. The van der Waals surface area contributed by atoms with E-state index in [2.05, 4.69) is 19.2 Å². The molecule has 3 amide bonds. The van der Waals surface area contributed by atoms with Crippen LogP contribution in [0.25, 0.3) is 0 Å². The highest BCUT2D eigenvalue weighted by molar-refractivity contribution is 5.99. The molecule has 2 aliphatic rings. The summed E-state index contributed by atoms with van der Waals surface area (Å²) >= 11 is 0. The fourth-order valence-electron chi connectivity index (χ4n) is 4.51. The van der Waals surface area contributed by atoms with Gasteiger partial charge in [-0.2, -0.15) is 0 Å². The van der Waals surface area contributed by atoms with Gasteiger partial charge >= 0.3 is 6.09 Å². The Morgan fingerprint density at radius 1 is 1.00 bits per heavy atom. The summed E-state index contributed by atoms with van der Waals surface area (Å²) in [6.07, 6.45) is 0.355. The third-order valence-corrected chi connectivity index (χ3v) is 6.53. The van der Waals surface area contributed by atoms with Gasteiger partial charge in [-0.15, -0.1) is 0 Å². The summed E-state index contributed by atoms with van der Waals surface area (Å²) in [6.45, 7) is 8.99. The molecular formula is C27H34N4O4. The van der Waals surface area contributed by atoms with Gasteiger partial charge in [0, 0.05) is 55.1 Å². The van der Waals surface area contributed by atoms with Crippen LogP contribution in [0.5, 0.6) is 0 Å². The molecule has 0 bridgehead atoms. The number of nitrogens with one attached hydrogen (secondary N) is 1. The molecule has 8 nitrogen and oxygen atoms in total. The monoisotopic (exact) mass is 478 g/mol. The van der Waals surface area contributed by atoms with Gasteiger partial charge in [0.2, 0.25) is 0 Å². The van der Waals surface area contributed by atoms with Crippen LogP contribution in [-0.2, 0) is 4.74 Å². The Kier molecular flexibility index (Phi) is 7.58. The van der Waals surface area contributed by atoms with E-state index in [-0.39, 0.29) is 24.1 Å². The van der Waals surface area contributed by atoms with E-state index in [9.17, 15) is 14.4 Å². The minimum Gasteiger partial charge on any atom is -0.450 e. The number of benzene rings is 2. The third-order valence-electron chi connectivity index (χ3n) is 6.53. The lowest BCUT2D eigenvalue weighted by Gasteiger charge is -2.34. The van der Waals surface area contributed by atoms with Crippen LogP contribution in [0, 0.1) is 5.92 Å². The molecule has 4 rings (SSSR count). The van der Waals surface area contributed by atoms with E-state index in [0.717, 1.165) is 23.2 Å². The average molecular weight is 479 g/mol. The lowest BCUT2D eigenvalue weighted by molar-refractivity contribution is 0.0570. The number of ether oxygens (including phenoxy) is 1. The SMILES string of the molecule is CCOC(=O)N1CCN(C(=O)c2ccc(NC3c4ccccc4C(=O)N3CCC(C)C)cc2)CC1. The van der Waals surface area contributed by atoms with Crippen molar-refractivity contribution in [2.75, 3.05) is 44.6 Å². The normalized spacial score (nSPS) is 17.5. The van der Waals surface area contributed by atoms with Crippen LogP contribution in [0.2, 0.25) is 0 Å². The zero-order chi connectivity index (χ0) is 24.9. The molecule has 2 aromatic rings. The van der Waals surface area contributed by atoms with Crippen molar-refractivity contribution in [3.63, 3.8) is 0 Å². The van der Waals surface area contributed by atoms with E-state index in [1.54, 1.807) is 16.7 Å². The van der Waals surface area contributed by atoms with Gasteiger partial charge in [0.25, 0.3) is 11.8 Å². The minimum absolute atomic E-state index is 0.0486. The fourth-order valence-corrected chi connectivity index (χ4v) is 4.51. The number of carbonyl (C=O) groups excluding carboxylic acids is 3. The zero-order valence-corrected chi connectivity index (χ0v) is 20.7. The van der Waals surface area contributed by atoms with Crippen LogP contribution in [0.4, 0.5) is 10.5 Å². The number of carbonyl (C=O) groups is 3. The van der Waals surface area contributed by atoms with E-state index in [0.29, 0.717) is 50.8 Å². The van der Waals surface area contributed by atoms with E-state index in [1.807, 2.05) is 53.4 Å². The predicted octanol–water partition coefficient (Wildman–Crippen LogP) is 4.21. The van der Waals surface area contributed by atoms with Crippen LogP contribution in [0.3, 0.4) is 0 Å². The number of anilines is 1. The smallest absolute Gasteiger partial charge is 0.409 e. The first-order chi connectivity index (χ1) is 16.9. The molecule has 35 heavy (non-hydrogen) atoms. The average Bonchev–Trinajstić information content (AvgIpc) is 3.13. The van der Waals surface area contributed by atoms with Crippen molar-refractivity contribution in [2.24, 2.45) is 5.92 Å². The lowest BCUT2D eigenvalue weighted by Crippen LogP contribution is -2.50. The highest BCUT2D eigenvalue weighted by atomic mass is 16.6. The second kappa shape index (κ2) is 10.8.